The molecule has 1 aliphatic heterocycles. The maximum absolute atomic E-state index is 11.4. The summed E-state index contributed by atoms with van der Waals surface area (Å²) in [6.07, 6.45) is 9.35. The first-order valence-corrected chi connectivity index (χ1v) is 13.9. The number of nitrogens with one attached hydrogen (secondary N) is 1. The molecule has 1 aromatic heterocycles. The molecule has 2 heterocycles. The highest BCUT2D eigenvalue weighted by Gasteiger charge is 2.36. The maximum Gasteiger partial charge on any atom is 0.307 e. The molecular weight excluding hydrogens is 474 g/mol. The lowest BCUT2D eigenvalue weighted by atomic mass is 9.84. The molecule has 2 aromatic carbocycles. The van der Waals surface area contributed by atoms with Crippen molar-refractivity contribution in [1.29, 1.82) is 0 Å². The van der Waals surface area contributed by atoms with E-state index in [0.717, 1.165) is 97.3 Å². The second-order valence-electron chi connectivity index (χ2n) is 9.79. The molecule has 0 fully saturated rings. The van der Waals surface area contributed by atoms with Gasteiger partial charge in [-0.25, -0.2) is 0 Å². The Balaban J connectivity index is 1.37. The summed E-state index contributed by atoms with van der Waals surface area (Å²) in [4.78, 5) is 14.2. The molecule has 1 unspecified atom stereocenters. The number of benzene rings is 2. The van der Waals surface area contributed by atoms with E-state index in [4.69, 9.17) is 9.47 Å². The van der Waals surface area contributed by atoms with Crippen LogP contribution in [0.3, 0.4) is 0 Å². The first-order valence-electron chi connectivity index (χ1n) is 13.1. The van der Waals surface area contributed by atoms with Gasteiger partial charge in [0.15, 0.2) is 0 Å². The SMILES string of the molecule is CCCCCc1cc2c(cc1O)CCC(CCC)(CCOc1ccc(Cc3sc(=O)[nH]c3O)cc1)O2. The van der Waals surface area contributed by atoms with Crippen LogP contribution in [-0.4, -0.2) is 27.4 Å². The van der Waals surface area contributed by atoms with Gasteiger partial charge in [-0.3, -0.25) is 9.78 Å². The summed E-state index contributed by atoms with van der Waals surface area (Å²) in [5.74, 6) is 2.04. The van der Waals surface area contributed by atoms with Gasteiger partial charge in [-0.15, -0.1) is 0 Å². The lowest BCUT2D eigenvalue weighted by molar-refractivity contribution is 0.0162. The molecule has 1 atom stereocenters. The number of fused-ring (bicyclic) bond motifs is 1. The normalized spacial score (nSPS) is 16.9. The van der Waals surface area contributed by atoms with E-state index in [1.165, 1.54) is 0 Å². The summed E-state index contributed by atoms with van der Waals surface area (Å²) in [5.41, 5.74) is 2.81. The Morgan fingerprint density at radius 3 is 2.58 bits per heavy atom. The zero-order valence-electron chi connectivity index (χ0n) is 21.3. The summed E-state index contributed by atoms with van der Waals surface area (Å²) in [6, 6.07) is 11.7. The summed E-state index contributed by atoms with van der Waals surface area (Å²) >= 11 is 1.03. The molecule has 3 aromatic rings. The minimum absolute atomic E-state index is 0.0519. The summed E-state index contributed by atoms with van der Waals surface area (Å²) in [7, 11) is 0. The topological polar surface area (TPSA) is 91.8 Å². The molecule has 0 spiro atoms. The van der Waals surface area contributed by atoms with Gasteiger partial charge < -0.3 is 19.7 Å². The van der Waals surface area contributed by atoms with Crippen molar-refractivity contribution >= 4 is 11.3 Å². The fourth-order valence-corrected chi connectivity index (χ4v) is 5.76. The fourth-order valence-electron chi connectivity index (χ4n) is 5.01. The monoisotopic (exact) mass is 511 g/mol. The van der Waals surface area contributed by atoms with Crippen molar-refractivity contribution < 1.29 is 19.7 Å². The Labute approximate surface area is 216 Å². The Morgan fingerprint density at radius 2 is 1.89 bits per heavy atom. The largest absolute Gasteiger partial charge is 0.508 e. The smallest absolute Gasteiger partial charge is 0.307 e. The van der Waals surface area contributed by atoms with Gasteiger partial charge in [0.2, 0.25) is 5.88 Å². The van der Waals surface area contributed by atoms with E-state index in [9.17, 15) is 15.0 Å². The van der Waals surface area contributed by atoms with Crippen LogP contribution in [-0.2, 0) is 19.3 Å². The average Bonchev–Trinajstić information content (AvgIpc) is 3.17. The number of phenols is 1. The molecule has 3 N–H and O–H groups in total. The van der Waals surface area contributed by atoms with E-state index < -0.39 is 0 Å². The molecule has 7 heteroatoms. The molecular formula is C29H37NO5S. The average molecular weight is 512 g/mol. The van der Waals surface area contributed by atoms with E-state index >= 15 is 0 Å². The van der Waals surface area contributed by atoms with E-state index in [1.807, 2.05) is 30.3 Å². The number of rotatable bonds is 12. The Kier molecular flexibility index (Phi) is 8.62. The van der Waals surface area contributed by atoms with Crippen LogP contribution in [0.5, 0.6) is 23.1 Å². The van der Waals surface area contributed by atoms with Gasteiger partial charge in [0.25, 0.3) is 0 Å². The first kappa shape index (κ1) is 26.1. The predicted molar refractivity (Wildman–Crippen MR) is 144 cm³/mol. The maximum atomic E-state index is 11.4. The minimum Gasteiger partial charge on any atom is -0.508 e. The Morgan fingerprint density at radius 1 is 1.08 bits per heavy atom. The number of aromatic hydroxyl groups is 2. The van der Waals surface area contributed by atoms with Crippen LogP contribution in [0.15, 0.2) is 41.2 Å². The van der Waals surface area contributed by atoms with Gasteiger partial charge in [-0.2, -0.15) is 0 Å². The highest BCUT2D eigenvalue weighted by molar-refractivity contribution is 7.09. The number of thiazole rings is 1. The zero-order valence-corrected chi connectivity index (χ0v) is 22.1. The number of aromatic nitrogens is 1. The van der Waals surface area contributed by atoms with Crippen molar-refractivity contribution in [3.8, 4) is 23.1 Å². The van der Waals surface area contributed by atoms with E-state index in [2.05, 4.69) is 24.9 Å². The quantitative estimate of drug-likeness (QED) is 0.241. The van der Waals surface area contributed by atoms with Gasteiger partial charge in [0, 0.05) is 12.8 Å². The number of aryl methyl sites for hydroxylation is 2. The van der Waals surface area contributed by atoms with Crippen LogP contribution in [0, 0.1) is 0 Å². The third-order valence-corrected chi connectivity index (χ3v) is 7.88. The Bertz CT molecular complexity index is 1200. The van der Waals surface area contributed by atoms with E-state index in [1.54, 1.807) is 0 Å². The number of hydrogen-bond acceptors (Lipinski definition) is 6. The molecule has 0 saturated heterocycles. The van der Waals surface area contributed by atoms with Crippen molar-refractivity contribution in [3.05, 3.63) is 67.6 Å². The lowest BCUT2D eigenvalue weighted by Crippen LogP contribution is -2.41. The van der Waals surface area contributed by atoms with Crippen LogP contribution in [0.2, 0.25) is 0 Å². The van der Waals surface area contributed by atoms with E-state index in [-0.39, 0.29) is 16.4 Å². The molecule has 194 valence electrons. The third kappa shape index (κ3) is 6.44. The molecule has 0 radical (unpaired) electrons. The summed E-state index contributed by atoms with van der Waals surface area (Å²) in [5, 5.41) is 20.3. The third-order valence-electron chi connectivity index (χ3n) is 7.01. The van der Waals surface area contributed by atoms with Gasteiger partial charge in [0.1, 0.15) is 22.8 Å². The van der Waals surface area contributed by atoms with Crippen molar-refractivity contribution in [2.24, 2.45) is 0 Å². The van der Waals surface area contributed by atoms with Gasteiger partial charge >= 0.3 is 4.87 Å². The van der Waals surface area contributed by atoms with Gasteiger partial charge in [-0.1, -0.05) is 56.6 Å². The van der Waals surface area contributed by atoms with Crippen molar-refractivity contribution in [3.63, 3.8) is 0 Å². The Hall–Kier alpha value is -2.93. The molecule has 36 heavy (non-hydrogen) atoms. The molecule has 4 rings (SSSR count). The van der Waals surface area contributed by atoms with Crippen molar-refractivity contribution in [2.45, 2.75) is 83.7 Å². The molecule has 1 aliphatic rings. The van der Waals surface area contributed by atoms with Crippen LogP contribution >= 0.6 is 11.3 Å². The fraction of sp³-hybridized carbons (Fsp3) is 0.483. The standard InChI is InChI=1S/C29H37NO5S/c1-3-5-6-7-21-19-25-22(18-24(21)31)12-14-29(35-25,13-4-2)15-16-34-23-10-8-20(9-11-23)17-26-27(32)30-28(33)36-26/h8-11,18-19,31-32H,3-7,12-17H2,1-2H3,(H,30,33). The second kappa shape index (κ2) is 11.9. The summed E-state index contributed by atoms with van der Waals surface area (Å²) in [6.45, 7) is 4.92. The van der Waals surface area contributed by atoms with Crippen molar-refractivity contribution in [1.82, 2.24) is 4.98 Å². The van der Waals surface area contributed by atoms with Gasteiger partial charge in [-0.05, 0) is 73.1 Å². The number of aromatic amines is 1. The molecule has 0 aliphatic carbocycles. The van der Waals surface area contributed by atoms with Crippen LogP contribution in [0.4, 0.5) is 0 Å². The number of H-pyrrole nitrogens is 1. The minimum atomic E-state index is -0.261. The van der Waals surface area contributed by atoms with Crippen LogP contribution < -0.4 is 14.3 Å². The van der Waals surface area contributed by atoms with Gasteiger partial charge in [0.05, 0.1) is 11.5 Å². The van der Waals surface area contributed by atoms with Crippen LogP contribution in [0.25, 0.3) is 0 Å². The first-order chi connectivity index (χ1) is 17.4. The highest BCUT2D eigenvalue weighted by atomic mass is 32.1. The summed E-state index contributed by atoms with van der Waals surface area (Å²) < 4.78 is 12.7. The van der Waals surface area contributed by atoms with Crippen LogP contribution in [0.1, 0.15) is 80.4 Å². The molecule has 6 nitrogen and oxygen atoms in total. The number of phenolic OH excluding ortho intramolecular Hbond substituents is 1. The molecule has 0 amide bonds. The molecule has 0 saturated carbocycles. The van der Waals surface area contributed by atoms with E-state index in [0.29, 0.717) is 23.7 Å². The van der Waals surface area contributed by atoms with Crippen molar-refractivity contribution in [2.75, 3.05) is 6.61 Å². The predicted octanol–water partition coefficient (Wildman–Crippen LogP) is 6.50. The number of hydrogen-bond donors (Lipinski definition) is 3. The number of unbranched alkanes of at least 4 members (excludes halogenated alkanes) is 2. The lowest BCUT2D eigenvalue weighted by Gasteiger charge is -2.39. The zero-order chi connectivity index (χ0) is 25.5. The number of ether oxygens (including phenoxy) is 2. The molecule has 0 bridgehead atoms. The highest BCUT2D eigenvalue weighted by Crippen LogP contribution is 2.41. The second-order valence-corrected chi connectivity index (χ2v) is 10.9.